The first kappa shape index (κ1) is 14.8. The standard InChI is InChI=1S/C18H14O6/c19-13-8-18(9-14(20)23-13)6-11(10-4-2-1-3-5-10)15-12(7-18)16(21)24-17(15)22/h1-5,12H,6-9H2. The van der Waals surface area contributed by atoms with Crippen LogP contribution in [0.15, 0.2) is 35.9 Å². The van der Waals surface area contributed by atoms with E-state index in [0.29, 0.717) is 17.6 Å². The summed E-state index contributed by atoms with van der Waals surface area (Å²) < 4.78 is 9.45. The molecule has 1 aromatic carbocycles. The molecule has 2 aliphatic heterocycles. The van der Waals surface area contributed by atoms with Crippen LogP contribution >= 0.6 is 0 Å². The SMILES string of the molecule is O=C1CC2(CC(=O)O1)CC(c1ccccc1)=C1C(=O)OC(=O)C1C2. The Hall–Kier alpha value is -2.76. The van der Waals surface area contributed by atoms with Crippen molar-refractivity contribution in [3.05, 3.63) is 41.5 Å². The lowest BCUT2D eigenvalue weighted by atomic mass is 9.62. The molecule has 4 rings (SSSR count). The van der Waals surface area contributed by atoms with Crippen LogP contribution in [0.25, 0.3) is 5.57 Å². The van der Waals surface area contributed by atoms with Crippen LogP contribution in [-0.4, -0.2) is 23.9 Å². The molecular weight excluding hydrogens is 312 g/mol. The number of hydrogen-bond donors (Lipinski definition) is 0. The zero-order valence-corrected chi connectivity index (χ0v) is 12.7. The second-order valence-electron chi connectivity index (χ2n) is 6.60. The number of allylic oxidation sites excluding steroid dienone is 1. The predicted molar refractivity (Wildman–Crippen MR) is 80.0 cm³/mol. The van der Waals surface area contributed by atoms with E-state index in [9.17, 15) is 19.2 Å². The lowest BCUT2D eigenvalue weighted by molar-refractivity contribution is -0.170. The molecule has 122 valence electrons. The molecule has 6 heteroatoms. The Morgan fingerprint density at radius 2 is 1.54 bits per heavy atom. The second-order valence-corrected chi connectivity index (χ2v) is 6.60. The Balaban J connectivity index is 1.85. The maximum absolute atomic E-state index is 12.1. The Morgan fingerprint density at radius 3 is 2.21 bits per heavy atom. The van der Waals surface area contributed by atoms with Crippen LogP contribution in [-0.2, 0) is 28.7 Å². The fourth-order valence-corrected chi connectivity index (χ4v) is 4.01. The highest BCUT2D eigenvalue weighted by Crippen LogP contribution is 2.53. The lowest BCUT2D eigenvalue weighted by Gasteiger charge is -2.40. The zero-order chi connectivity index (χ0) is 16.9. The van der Waals surface area contributed by atoms with E-state index in [2.05, 4.69) is 4.74 Å². The van der Waals surface area contributed by atoms with Crippen molar-refractivity contribution in [1.82, 2.24) is 0 Å². The van der Waals surface area contributed by atoms with E-state index in [1.807, 2.05) is 30.3 Å². The Labute approximate surface area is 137 Å². The smallest absolute Gasteiger partial charge is 0.342 e. The Kier molecular flexibility index (Phi) is 3.16. The van der Waals surface area contributed by atoms with Crippen LogP contribution in [0, 0.1) is 11.3 Å². The average molecular weight is 326 g/mol. The first-order chi connectivity index (χ1) is 11.5. The van der Waals surface area contributed by atoms with E-state index in [0.717, 1.165) is 5.56 Å². The second kappa shape index (κ2) is 5.12. The van der Waals surface area contributed by atoms with Gasteiger partial charge in [0.15, 0.2) is 0 Å². The summed E-state index contributed by atoms with van der Waals surface area (Å²) >= 11 is 0. The average Bonchev–Trinajstić information content (AvgIpc) is 2.80. The van der Waals surface area contributed by atoms with Gasteiger partial charge in [-0.05, 0) is 29.4 Å². The number of cyclic esters (lactones) is 4. The van der Waals surface area contributed by atoms with Crippen molar-refractivity contribution >= 4 is 29.5 Å². The van der Waals surface area contributed by atoms with Gasteiger partial charge in [0.1, 0.15) is 0 Å². The van der Waals surface area contributed by atoms with Gasteiger partial charge in [-0.1, -0.05) is 30.3 Å². The van der Waals surface area contributed by atoms with E-state index in [1.54, 1.807) is 0 Å². The third kappa shape index (κ3) is 2.26. The van der Waals surface area contributed by atoms with Gasteiger partial charge in [0.2, 0.25) is 0 Å². The highest BCUT2D eigenvalue weighted by Gasteiger charge is 2.53. The molecule has 1 spiro atoms. The summed E-state index contributed by atoms with van der Waals surface area (Å²) in [7, 11) is 0. The first-order valence-corrected chi connectivity index (χ1v) is 7.75. The minimum absolute atomic E-state index is 0.0559. The molecule has 2 saturated heterocycles. The van der Waals surface area contributed by atoms with E-state index in [4.69, 9.17) is 4.74 Å². The van der Waals surface area contributed by atoms with Gasteiger partial charge in [-0.2, -0.15) is 0 Å². The van der Waals surface area contributed by atoms with Crippen LogP contribution in [0.1, 0.15) is 31.2 Å². The molecule has 0 aromatic heterocycles. The molecule has 1 aromatic rings. The number of carbonyl (C=O) groups excluding carboxylic acids is 4. The third-order valence-electron chi connectivity index (χ3n) is 4.95. The van der Waals surface area contributed by atoms with Crippen LogP contribution < -0.4 is 0 Å². The number of rotatable bonds is 1. The van der Waals surface area contributed by atoms with Gasteiger partial charge in [0.25, 0.3) is 0 Å². The number of ether oxygens (including phenoxy) is 2. The van der Waals surface area contributed by atoms with Crippen molar-refractivity contribution in [1.29, 1.82) is 0 Å². The summed E-state index contributed by atoms with van der Waals surface area (Å²) in [5, 5.41) is 0. The number of fused-ring (bicyclic) bond motifs is 1. The highest BCUT2D eigenvalue weighted by molar-refractivity contribution is 6.13. The van der Waals surface area contributed by atoms with Gasteiger partial charge in [-0.15, -0.1) is 0 Å². The van der Waals surface area contributed by atoms with Crippen molar-refractivity contribution in [2.75, 3.05) is 0 Å². The van der Waals surface area contributed by atoms with Crippen molar-refractivity contribution < 1.29 is 28.7 Å². The topological polar surface area (TPSA) is 86.7 Å². The molecule has 1 aliphatic carbocycles. The van der Waals surface area contributed by atoms with E-state index in [-0.39, 0.29) is 19.3 Å². The van der Waals surface area contributed by atoms with E-state index in [1.165, 1.54) is 0 Å². The molecule has 6 nitrogen and oxygen atoms in total. The van der Waals surface area contributed by atoms with E-state index < -0.39 is 35.2 Å². The minimum atomic E-state index is -0.722. The quantitative estimate of drug-likeness (QED) is 0.577. The number of esters is 4. The number of carbonyl (C=O) groups is 4. The molecule has 0 radical (unpaired) electrons. The van der Waals surface area contributed by atoms with E-state index >= 15 is 0 Å². The summed E-state index contributed by atoms with van der Waals surface area (Å²) in [6, 6.07) is 9.21. The largest absolute Gasteiger partial charge is 0.393 e. The summed E-state index contributed by atoms with van der Waals surface area (Å²) in [6.07, 6.45) is 0.733. The maximum Gasteiger partial charge on any atom is 0.342 e. The number of benzene rings is 1. The molecule has 2 fully saturated rings. The number of hydrogen-bond acceptors (Lipinski definition) is 6. The first-order valence-electron chi connectivity index (χ1n) is 7.75. The minimum Gasteiger partial charge on any atom is -0.393 e. The van der Waals surface area contributed by atoms with Crippen molar-refractivity contribution in [3.8, 4) is 0 Å². The summed E-state index contributed by atoms with van der Waals surface area (Å²) in [4.78, 5) is 47.8. The molecule has 0 bridgehead atoms. The molecule has 0 saturated carbocycles. The highest BCUT2D eigenvalue weighted by atomic mass is 16.6. The predicted octanol–water partition coefficient (Wildman–Crippen LogP) is 1.78. The van der Waals surface area contributed by atoms with Crippen molar-refractivity contribution in [2.24, 2.45) is 11.3 Å². The fourth-order valence-electron chi connectivity index (χ4n) is 4.01. The molecule has 1 atom stereocenters. The Morgan fingerprint density at radius 1 is 0.875 bits per heavy atom. The maximum atomic E-state index is 12.1. The summed E-state index contributed by atoms with van der Waals surface area (Å²) in [6.45, 7) is 0. The molecule has 1 unspecified atom stereocenters. The van der Waals surface area contributed by atoms with Gasteiger partial charge in [-0.25, -0.2) is 4.79 Å². The van der Waals surface area contributed by atoms with Crippen LogP contribution in [0.2, 0.25) is 0 Å². The Bertz CT molecular complexity index is 788. The monoisotopic (exact) mass is 326 g/mol. The fraction of sp³-hybridized carbons (Fsp3) is 0.333. The molecule has 0 N–H and O–H groups in total. The van der Waals surface area contributed by atoms with Gasteiger partial charge in [0.05, 0.1) is 24.3 Å². The molecule has 3 aliphatic rings. The summed E-state index contributed by atoms with van der Waals surface area (Å²) in [5.74, 6) is -3.11. The van der Waals surface area contributed by atoms with Crippen LogP contribution in [0.4, 0.5) is 0 Å². The molecule has 24 heavy (non-hydrogen) atoms. The van der Waals surface area contributed by atoms with Crippen LogP contribution in [0.5, 0.6) is 0 Å². The van der Waals surface area contributed by atoms with Gasteiger partial charge in [-0.3, -0.25) is 14.4 Å². The van der Waals surface area contributed by atoms with Crippen molar-refractivity contribution in [2.45, 2.75) is 25.7 Å². The normalized spacial score (nSPS) is 25.6. The summed E-state index contributed by atoms with van der Waals surface area (Å²) in [5.41, 5.74) is 1.15. The van der Waals surface area contributed by atoms with Gasteiger partial charge in [0, 0.05) is 0 Å². The zero-order valence-electron chi connectivity index (χ0n) is 12.7. The third-order valence-corrected chi connectivity index (χ3v) is 4.95. The van der Waals surface area contributed by atoms with Crippen LogP contribution in [0.3, 0.4) is 0 Å². The molecule has 2 heterocycles. The van der Waals surface area contributed by atoms with Crippen molar-refractivity contribution in [3.63, 3.8) is 0 Å². The molecular formula is C18H14O6. The lowest BCUT2D eigenvalue weighted by Crippen LogP contribution is -2.40. The molecule has 0 amide bonds. The van der Waals surface area contributed by atoms with Gasteiger partial charge >= 0.3 is 23.9 Å². The van der Waals surface area contributed by atoms with Gasteiger partial charge < -0.3 is 9.47 Å².